The molecule has 3 heteroatoms. The van der Waals surface area contributed by atoms with Gasteiger partial charge in [-0.2, -0.15) is 0 Å². The van der Waals surface area contributed by atoms with Gasteiger partial charge in [0.25, 0.3) is 0 Å². The maximum Gasteiger partial charge on any atom is 0.0380 e. The molecule has 0 saturated heterocycles. The van der Waals surface area contributed by atoms with Crippen LogP contribution < -0.4 is 5.32 Å². The minimum atomic E-state index is 0. The largest absolute Gasteiger partial charge is 0.384 e. The highest BCUT2D eigenvalue weighted by Crippen LogP contribution is 2.54. The number of anilines is 1. The van der Waals surface area contributed by atoms with E-state index in [-0.39, 0.29) is 12.4 Å². The van der Waals surface area contributed by atoms with Crippen LogP contribution in [-0.4, -0.2) is 6.54 Å². The summed E-state index contributed by atoms with van der Waals surface area (Å²) in [4.78, 5) is 0. The van der Waals surface area contributed by atoms with Gasteiger partial charge in [-0.3, -0.25) is 0 Å². The molecule has 0 radical (unpaired) electrons. The summed E-state index contributed by atoms with van der Waals surface area (Å²) in [7, 11) is 0. The fraction of sp³-hybridized carbons (Fsp3) is 0.400. The maximum atomic E-state index is 3.52. The molecule has 70 valence electrons. The molecule has 13 heavy (non-hydrogen) atoms. The van der Waals surface area contributed by atoms with E-state index < -0.39 is 0 Å². The van der Waals surface area contributed by atoms with Crippen molar-refractivity contribution in [2.24, 2.45) is 0 Å². The Kier molecular flexibility index (Phi) is 2.08. The van der Waals surface area contributed by atoms with E-state index in [2.05, 4.69) is 39.4 Å². The van der Waals surface area contributed by atoms with E-state index in [0.717, 1.165) is 6.54 Å². The Balaban J connectivity index is 0.000000653. The summed E-state index contributed by atoms with van der Waals surface area (Å²) in [6.07, 6.45) is 2.73. The predicted octanol–water partition coefficient (Wildman–Crippen LogP) is 3.33. The molecular formula is C10H11BrClN. The Labute approximate surface area is 92.5 Å². The van der Waals surface area contributed by atoms with E-state index in [0.29, 0.717) is 5.41 Å². The van der Waals surface area contributed by atoms with Crippen molar-refractivity contribution in [3.05, 3.63) is 28.2 Å². The van der Waals surface area contributed by atoms with Crippen LogP contribution in [0.4, 0.5) is 5.69 Å². The standard InChI is InChI=1S/C10H10BrN.ClH/c11-7-1-2-9-8(5-7)10(3-4-10)6-12-9;/h1-2,5,12H,3-4,6H2;1H. The topological polar surface area (TPSA) is 12.0 Å². The van der Waals surface area contributed by atoms with E-state index in [1.165, 1.54) is 28.6 Å². The minimum Gasteiger partial charge on any atom is -0.384 e. The summed E-state index contributed by atoms with van der Waals surface area (Å²) in [6.45, 7) is 1.15. The van der Waals surface area contributed by atoms with E-state index in [1.54, 1.807) is 0 Å². The molecule has 2 aliphatic rings. The fourth-order valence-electron chi connectivity index (χ4n) is 2.07. The average molecular weight is 261 g/mol. The number of fused-ring (bicyclic) bond motifs is 2. The van der Waals surface area contributed by atoms with Crippen molar-refractivity contribution in [2.45, 2.75) is 18.3 Å². The number of rotatable bonds is 0. The number of hydrogen-bond donors (Lipinski definition) is 1. The van der Waals surface area contributed by atoms with Crippen LogP contribution in [0, 0.1) is 0 Å². The molecule has 0 amide bonds. The first-order valence-electron chi connectivity index (χ1n) is 4.34. The van der Waals surface area contributed by atoms with Gasteiger partial charge in [0.05, 0.1) is 0 Å². The van der Waals surface area contributed by atoms with Crippen molar-refractivity contribution in [1.82, 2.24) is 0 Å². The Hall–Kier alpha value is -0.210. The van der Waals surface area contributed by atoms with Crippen molar-refractivity contribution < 1.29 is 0 Å². The fourth-order valence-corrected chi connectivity index (χ4v) is 2.43. The molecule has 1 saturated carbocycles. The second-order valence-corrected chi connectivity index (χ2v) is 4.74. The number of benzene rings is 1. The van der Waals surface area contributed by atoms with Crippen LogP contribution in [0.25, 0.3) is 0 Å². The first-order valence-corrected chi connectivity index (χ1v) is 5.13. The van der Waals surface area contributed by atoms with Gasteiger partial charge < -0.3 is 5.32 Å². The lowest BCUT2D eigenvalue weighted by Gasteiger charge is -2.05. The Bertz CT molecular complexity index is 347. The van der Waals surface area contributed by atoms with Gasteiger partial charge in [0.15, 0.2) is 0 Å². The van der Waals surface area contributed by atoms with Crippen molar-refractivity contribution in [3.8, 4) is 0 Å². The van der Waals surface area contributed by atoms with E-state index in [9.17, 15) is 0 Å². The van der Waals surface area contributed by atoms with E-state index in [1.807, 2.05) is 0 Å². The second kappa shape index (κ2) is 2.89. The van der Waals surface area contributed by atoms with Crippen LogP contribution in [0.3, 0.4) is 0 Å². The molecule has 0 bridgehead atoms. The van der Waals surface area contributed by atoms with Crippen molar-refractivity contribution in [1.29, 1.82) is 0 Å². The van der Waals surface area contributed by atoms with Crippen LogP contribution in [0.5, 0.6) is 0 Å². The van der Waals surface area contributed by atoms with Crippen LogP contribution >= 0.6 is 28.3 Å². The summed E-state index contributed by atoms with van der Waals surface area (Å²) >= 11 is 3.52. The lowest BCUT2D eigenvalue weighted by atomic mass is 9.99. The van der Waals surface area contributed by atoms with Gasteiger partial charge >= 0.3 is 0 Å². The van der Waals surface area contributed by atoms with Crippen LogP contribution in [0.2, 0.25) is 0 Å². The van der Waals surface area contributed by atoms with Gasteiger partial charge in [-0.15, -0.1) is 12.4 Å². The molecule has 3 rings (SSSR count). The van der Waals surface area contributed by atoms with Crippen LogP contribution in [-0.2, 0) is 5.41 Å². The van der Waals surface area contributed by atoms with Crippen molar-refractivity contribution >= 4 is 34.0 Å². The Morgan fingerprint density at radius 1 is 1.31 bits per heavy atom. The molecule has 0 atom stereocenters. The molecule has 0 unspecified atom stereocenters. The van der Waals surface area contributed by atoms with Gasteiger partial charge in [-0.1, -0.05) is 15.9 Å². The third-order valence-corrected chi connectivity index (χ3v) is 3.52. The Morgan fingerprint density at radius 2 is 2.08 bits per heavy atom. The zero-order valence-corrected chi connectivity index (χ0v) is 9.54. The monoisotopic (exact) mass is 259 g/mol. The summed E-state index contributed by atoms with van der Waals surface area (Å²) in [6, 6.07) is 6.54. The van der Waals surface area contributed by atoms with Gasteiger partial charge in [0, 0.05) is 22.1 Å². The van der Waals surface area contributed by atoms with Crippen molar-refractivity contribution in [2.75, 3.05) is 11.9 Å². The summed E-state index contributed by atoms with van der Waals surface area (Å²) in [5.74, 6) is 0. The molecule has 1 spiro atoms. The summed E-state index contributed by atoms with van der Waals surface area (Å²) in [5.41, 5.74) is 3.40. The predicted molar refractivity (Wildman–Crippen MR) is 60.8 cm³/mol. The molecule has 1 aliphatic carbocycles. The molecule has 1 fully saturated rings. The Morgan fingerprint density at radius 3 is 2.77 bits per heavy atom. The minimum absolute atomic E-state index is 0. The lowest BCUT2D eigenvalue weighted by Crippen LogP contribution is -2.08. The average Bonchev–Trinajstić information content (AvgIpc) is 2.74. The molecule has 1 aliphatic heterocycles. The molecule has 1 heterocycles. The van der Waals surface area contributed by atoms with Crippen molar-refractivity contribution in [3.63, 3.8) is 0 Å². The lowest BCUT2D eigenvalue weighted by molar-refractivity contribution is 0.777. The summed E-state index contributed by atoms with van der Waals surface area (Å²) < 4.78 is 1.20. The van der Waals surface area contributed by atoms with Gasteiger partial charge in [-0.05, 0) is 36.6 Å². The normalized spacial score (nSPS) is 20.4. The SMILES string of the molecule is Brc1ccc2c(c1)C1(CC1)CN2.Cl. The van der Waals surface area contributed by atoms with Gasteiger partial charge in [0.2, 0.25) is 0 Å². The first-order chi connectivity index (χ1) is 5.80. The highest BCUT2D eigenvalue weighted by atomic mass is 79.9. The number of halogens is 2. The molecule has 1 N–H and O–H groups in total. The van der Waals surface area contributed by atoms with Crippen LogP contribution in [0.1, 0.15) is 18.4 Å². The first kappa shape index (κ1) is 9.35. The molecule has 0 aromatic heterocycles. The molecular weight excluding hydrogens is 249 g/mol. The second-order valence-electron chi connectivity index (χ2n) is 3.82. The third kappa shape index (κ3) is 1.27. The number of hydrogen-bond acceptors (Lipinski definition) is 1. The van der Waals surface area contributed by atoms with E-state index in [4.69, 9.17) is 0 Å². The number of nitrogens with one attached hydrogen (secondary N) is 1. The van der Waals surface area contributed by atoms with Gasteiger partial charge in [0.1, 0.15) is 0 Å². The summed E-state index contributed by atoms with van der Waals surface area (Å²) in [5, 5.41) is 3.46. The zero-order valence-electron chi connectivity index (χ0n) is 7.14. The molecule has 1 aromatic carbocycles. The van der Waals surface area contributed by atoms with Gasteiger partial charge in [-0.25, -0.2) is 0 Å². The highest BCUT2D eigenvalue weighted by molar-refractivity contribution is 9.10. The highest BCUT2D eigenvalue weighted by Gasteiger charge is 2.48. The quantitative estimate of drug-likeness (QED) is 0.754. The molecule has 1 aromatic rings. The molecule has 1 nitrogen and oxygen atoms in total. The smallest absolute Gasteiger partial charge is 0.0380 e. The van der Waals surface area contributed by atoms with E-state index >= 15 is 0 Å². The zero-order chi connectivity index (χ0) is 8.18. The third-order valence-electron chi connectivity index (χ3n) is 3.02. The van der Waals surface area contributed by atoms with Crippen LogP contribution in [0.15, 0.2) is 22.7 Å². The maximum absolute atomic E-state index is 3.52.